The Bertz CT molecular complexity index is 1170. The number of rotatable bonds is 3. The monoisotopic (exact) mass is 436 g/mol. The number of anilines is 2. The van der Waals surface area contributed by atoms with Crippen molar-refractivity contribution in [2.45, 2.75) is 43.9 Å². The van der Waals surface area contributed by atoms with Gasteiger partial charge in [0.25, 0.3) is 0 Å². The molecule has 0 radical (unpaired) electrons. The number of pyridine rings is 1. The van der Waals surface area contributed by atoms with E-state index in [2.05, 4.69) is 0 Å². The molecule has 1 saturated heterocycles. The number of carbonyl (C=O) groups is 1. The molecule has 2 aliphatic carbocycles. The smallest absolute Gasteiger partial charge is 0.341 e. The van der Waals surface area contributed by atoms with E-state index in [0.29, 0.717) is 13.1 Å². The number of nitrogen functional groups attached to an aromatic ring is 1. The molecule has 1 aromatic heterocycles. The number of halogens is 3. The zero-order chi connectivity index (χ0) is 22.2. The number of alkyl halides is 1. The molecular formula is C21H23F3N4O3. The number of nitrogens with two attached hydrogens (primary N) is 2. The molecule has 3 fully saturated rings. The molecule has 2 heterocycles. The lowest BCUT2D eigenvalue weighted by Gasteiger charge is -2.29. The normalized spacial score (nSPS) is 29.9. The fraction of sp³-hybridized carbons (Fsp3) is 0.524. The number of aromatic nitrogens is 1. The summed E-state index contributed by atoms with van der Waals surface area (Å²) in [6, 6.07) is -0.884. The Morgan fingerprint density at radius 1 is 1.19 bits per heavy atom. The largest absolute Gasteiger partial charge is 0.477 e. The van der Waals surface area contributed by atoms with E-state index in [-0.39, 0.29) is 35.5 Å². The van der Waals surface area contributed by atoms with Gasteiger partial charge < -0.3 is 26.0 Å². The molecule has 5 rings (SSSR count). The molecule has 5 atom stereocenters. The van der Waals surface area contributed by atoms with Gasteiger partial charge in [0.2, 0.25) is 5.43 Å². The van der Waals surface area contributed by atoms with Crippen LogP contribution in [0.3, 0.4) is 0 Å². The highest BCUT2D eigenvalue weighted by atomic mass is 19.1. The van der Waals surface area contributed by atoms with Crippen LogP contribution in [0.15, 0.2) is 11.0 Å². The number of carboxylic acids is 1. The van der Waals surface area contributed by atoms with Crippen molar-refractivity contribution in [3.05, 3.63) is 33.6 Å². The molecule has 0 bridgehead atoms. The predicted molar refractivity (Wildman–Crippen MR) is 109 cm³/mol. The van der Waals surface area contributed by atoms with Gasteiger partial charge in [-0.1, -0.05) is 6.42 Å². The van der Waals surface area contributed by atoms with Gasteiger partial charge in [-0.2, -0.15) is 0 Å². The van der Waals surface area contributed by atoms with Crippen LogP contribution in [0.2, 0.25) is 0 Å². The summed E-state index contributed by atoms with van der Waals surface area (Å²) in [7, 11) is 0. The molecule has 1 aromatic carbocycles. The van der Waals surface area contributed by atoms with E-state index < -0.39 is 51.9 Å². The SMILES string of the molecule is Nc1c(F)c(N2C[C@H]3CCC[C@@H](N)[C@H]3C2)c(F)c2c1c(=O)c(C(=O)O)cn2[C@@H]1C[C@@H]1F. The maximum absolute atomic E-state index is 15.8. The highest BCUT2D eigenvalue weighted by molar-refractivity contribution is 5.99. The molecule has 10 heteroatoms. The lowest BCUT2D eigenvalue weighted by atomic mass is 9.78. The van der Waals surface area contributed by atoms with Crippen molar-refractivity contribution >= 4 is 28.2 Å². The Labute approximate surface area is 175 Å². The molecule has 7 nitrogen and oxygen atoms in total. The Morgan fingerprint density at radius 3 is 2.52 bits per heavy atom. The third kappa shape index (κ3) is 2.91. The van der Waals surface area contributed by atoms with Crippen LogP contribution in [0.25, 0.3) is 10.9 Å². The molecule has 1 aliphatic heterocycles. The number of fused-ring (bicyclic) bond motifs is 2. The van der Waals surface area contributed by atoms with E-state index in [1.807, 2.05) is 0 Å². The van der Waals surface area contributed by atoms with Crippen LogP contribution in [0.1, 0.15) is 42.1 Å². The van der Waals surface area contributed by atoms with Gasteiger partial charge in [-0.05, 0) is 24.7 Å². The van der Waals surface area contributed by atoms with Crippen LogP contribution in [0.5, 0.6) is 0 Å². The molecule has 0 unspecified atom stereocenters. The first kappa shape index (κ1) is 20.2. The quantitative estimate of drug-likeness (QED) is 0.637. The van der Waals surface area contributed by atoms with Gasteiger partial charge in [-0.25, -0.2) is 18.0 Å². The molecule has 5 N–H and O–H groups in total. The summed E-state index contributed by atoms with van der Waals surface area (Å²) < 4.78 is 46.1. The molecule has 2 saturated carbocycles. The van der Waals surface area contributed by atoms with Crippen LogP contribution in [-0.4, -0.2) is 40.9 Å². The fourth-order valence-electron chi connectivity index (χ4n) is 5.38. The van der Waals surface area contributed by atoms with Crippen LogP contribution in [-0.2, 0) is 0 Å². The van der Waals surface area contributed by atoms with Crippen molar-refractivity contribution in [1.82, 2.24) is 4.57 Å². The third-order valence-corrected chi connectivity index (χ3v) is 7.10. The van der Waals surface area contributed by atoms with Crippen LogP contribution in [0, 0.1) is 23.5 Å². The highest BCUT2D eigenvalue weighted by Gasteiger charge is 2.43. The number of hydrogen-bond acceptors (Lipinski definition) is 5. The van der Waals surface area contributed by atoms with Gasteiger partial charge in [-0.15, -0.1) is 0 Å². The van der Waals surface area contributed by atoms with E-state index in [4.69, 9.17) is 11.5 Å². The summed E-state index contributed by atoms with van der Waals surface area (Å²) >= 11 is 0. The second-order valence-corrected chi connectivity index (χ2v) is 8.94. The summed E-state index contributed by atoms with van der Waals surface area (Å²) in [6.07, 6.45) is 2.40. The first-order chi connectivity index (χ1) is 14.7. The molecule has 0 spiro atoms. The van der Waals surface area contributed by atoms with Crippen molar-refractivity contribution in [3.63, 3.8) is 0 Å². The zero-order valence-corrected chi connectivity index (χ0v) is 16.7. The number of hydrogen-bond donors (Lipinski definition) is 3. The molecule has 166 valence electrons. The Hall–Kier alpha value is -2.75. The number of benzene rings is 1. The van der Waals surface area contributed by atoms with Gasteiger partial charge >= 0.3 is 5.97 Å². The van der Waals surface area contributed by atoms with Crippen molar-refractivity contribution in [1.29, 1.82) is 0 Å². The Kier molecular flexibility index (Phi) is 4.47. The van der Waals surface area contributed by atoms with Gasteiger partial charge in [0.1, 0.15) is 17.4 Å². The van der Waals surface area contributed by atoms with E-state index in [9.17, 15) is 19.1 Å². The maximum Gasteiger partial charge on any atom is 0.341 e. The van der Waals surface area contributed by atoms with Crippen molar-refractivity contribution in [2.75, 3.05) is 23.7 Å². The first-order valence-corrected chi connectivity index (χ1v) is 10.4. The van der Waals surface area contributed by atoms with Crippen molar-refractivity contribution < 1.29 is 23.1 Å². The van der Waals surface area contributed by atoms with Gasteiger partial charge in [0, 0.05) is 31.7 Å². The average Bonchev–Trinajstić information content (AvgIpc) is 3.27. The topological polar surface area (TPSA) is 115 Å². The summed E-state index contributed by atoms with van der Waals surface area (Å²) in [5, 5.41) is 8.80. The molecule has 3 aliphatic rings. The van der Waals surface area contributed by atoms with E-state index >= 15 is 8.78 Å². The second kappa shape index (κ2) is 6.88. The minimum atomic E-state index is -1.57. The Morgan fingerprint density at radius 2 is 1.90 bits per heavy atom. The van der Waals surface area contributed by atoms with Gasteiger partial charge in [-0.3, -0.25) is 4.79 Å². The molecular weight excluding hydrogens is 413 g/mol. The zero-order valence-electron chi connectivity index (χ0n) is 16.7. The van der Waals surface area contributed by atoms with Gasteiger partial charge in [0.05, 0.1) is 22.6 Å². The minimum absolute atomic E-state index is 0.0474. The van der Waals surface area contributed by atoms with E-state index in [1.165, 1.54) is 0 Å². The average molecular weight is 436 g/mol. The standard InChI is InChI=1S/C21H23F3N4O3/c22-11-4-13(11)28-7-10(21(30)31)20(29)14-17(26)15(23)19(16(24)18(14)28)27-5-8-2-1-3-12(25)9(8)6-27/h7-9,11-13H,1-6,25-26H2,(H,30,31)/t8-,9+,11+,12-,13-/m1/s1. The first-order valence-electron chi connectivity index (χ1n) is 10.4. The summed E-state index contributed by atoms with van der Waals surface area (Å²) in [5.41, 5.74) is 9.03. The van der Waals surface area contributed by atoms with Crippen LogP contribution < -0.4 is 21.8 Å². The number of nitrogens with zero attached hydrogens (tertiary/aromatic N) is 2. The van der Waals surface area contributed by atoms with E-state index in [1.54, 1.807) is 4.90 Å². The van der Waals surface area contributed by atoms with Gasteiger partial charge in [0.15, 0.2) is 11.6 Å². The third-order valence-electron chi connectivity index (χ3n) is 7.10. The maximum atomic E-state index is 15.8. The number of carboxylic acid groups (broad SMARTS) is 1. The summed E-state index contributed by atoms with van der Waals surface area (Å²) in [4.78, 5) is 25.8. The molecule has 2 aromatic rings. The highest BCUT2D eigenvalue weighted by Crippen LogP contribution is 2.45. The second-order valence-electron chi connectivity index (χ2n) is 8.94. The van der Waals surface area contributed by atoms with Crippen molar-refractivity contribution in [3.8, 4) is 0 Å². The Balaban J connectivity index is 1.74. The molecule has 31 heavy (non-hydrogen) atoms. The number of aromatic carboxylic acids is 1. The molecule has 0 amide bonds. The van der Waals surface area contributed by atoms with Crippen LogP contribution >= 0.6 is 0 Å². The lowest BCUT2D eigenvalue weighted by molar-refractivity contribution is 0.0694. The lowest BCUT2D eigenvalue weighted by Crippen LogP contribution is -2.38. The summed E-state index contributed by atoms with van der Waals surface area (Å²) in [5.74, 6) is -3.40. The summed E-state index contributed by atoms with van der Waals surface area (Å²) in [6.45, 7) is 0.765. The minimum Gasteiger partial charge on any atom is -0.477 e. The van der Waals surface area contributed by atoms with Crippen molar-refractivity contribution in [2.24, 2.45) is 17.6 Å². The predicted octanol–water partition coefficient (Wildman–Crippen LogP) is 2.41. The van der Waals surface area contributed by atoms with E-state index in [0.717, 1.165) is 30.0 Å². The van der Waals surface area contributed by atoms with Crippen LogP contribution in [0.4, 0.5) is 24.5 Å². The fourth-order valence-corrected chi connectivity index (χ4v) is 5.38.